The molecule has 0 amide bonds. The van der Waals surface area contributed by atoms with Crippen molar-refractivity contribution in [3.05, 3.63) is 70.2 Å². The first-order valence-electron chi connectivity index (χ1n) is 12.9. The third-order valence-electron chi connectivity index (χ3n) is 6.05. The Morgan fingerprint density at radius 2 is 1.86 bits per heavy atom. The quantitative estimate of drug-likeness (QED) is 0.304. The first kappa shape index (κ1) is 28.4. The minimum atomic E-state index is -0.318. The smallest absolute Gasteiger partial charge is 0.293 e. The molecule has 1 N–H and O–H groups in total. The van der Waals surface area contributed by atoms with Crippen molar-refractivity contribution in [1.82, 2.24) is 5.32 Å². The maximum Gasteiger partial charge on any atom is 0.293 e. The van der Waals surface area contributed by atoms with Crippen LogP contribution in [0.2, 0.25) is 0 Å². The van der Waals surface area contributed by atoms with Crippen molar-refractivity contribution in [3.63, 3.8) is 0 Å². The van der Waals surface area contributed by atoms with Gasteiger partial charge in [0, 0.05) is 11.0 Å². The van der Waals surface area contributed by atoms with E-state index < -0.39 is 0 Å². The second-order valence-corrected chi connectivity index (χ2v) is 11.8. The van der Waals surface area contributed by atoms with E-state index in [9.17, 15) is 4.79 Å². The van der Waals surface area contributed by atoms with Gasteiger partial charge in [-0.15, -0.1) is 0 Å². The largest absolute Gasteiger partial charge is 0.462 e. The fourth-order valence-electron chi connectivity index (χ4n) is 4.44. The molecule has 0 radical (unpaired) electrons. The van der Waals surface area contributed by atoms with Gasteiger partial charge in [0.25, 0.3) is 6.47 Å². The summed E-state index contributed by atoms with van der Waals surface area (Å²) in [6, 6.07) is 20.1. The molecule has 4 rings (SSSR count). The van der Waals surface area contributed by atoms with Gasteiger partial charge in [0.1, 0.15) is 5.60 Å². The lowest BCUT2D eigenvalue weighted by molar-refractivity contribution is -0.138. The van der Waals surface area contributed by atoms with E-state index in [1.165, 1.54) is 39.4 Å². The van der Waals surface area contributed by atoms with Crippen molar-refractivity contribution >= 4 is 33.2 Å². The number of hydrogen-bond acceptors (Lipinski definition) is 4. The van der Waals surface area contributed by atoms with E-state index in [1.807, 2.05) is 20.8 Å². The van der Waals surface area contributed by atoms with E-state index in [0.29, 0.717) is 25.1 Å². The third kappa shape index (κ3) is 8.72. The van der Waals surface area contributed by atoms with E-state index in [-0.39, 0.29) is 5.60 Å². The van der Waals surface area contributed by atoms with E-state index in [2.05, 4.69) is 94.4 Å². The number of halogens is 1. The highest BCUT2D eigenvalue weighted by atomic mass is 79.9. The molecule has 0 aliphatic carbocycles. The number of nitrogens with one attached hydrogen (secondary N) is 1. The van der Waals surface area contributed by atoms with Crippen LogP contribution in [0.4, 0.5) is 0 Å². The topological polar surface area (TPSA) is 47.6 Å². The molecule has 3 aromatic rings. The highest BCUT2D eigenvalue weighted by Gasteiger charge is 2.15. The summed E-state index contributed by atoms with van der Waals surface area (Å²) < 4.78 is 11.9. The van der Waals surface area contributed by atoms with E-state index in [4.69, 9.17) is 4.74 Å². The molecular formula is C31H40BrNO3. The van der Waals surface area contributed by atoms with Gasteiger partial charge in [-0.2, -0.15) is 0 Å². The monoisotopic (exact) mass is 553 g/mol. The molecule has 1 heterocycles. The molecule has 1 saturated heterocycles. The molecule has 36 heavy (non-hydrogen) atoms. The number of ether oxygens (including phenoxy) is 2. The van der Waals surface area contributed by atoms with Crippen molar-refractivity contribution < 1.29 is 14.3 Å². The van der Waals surface area contributed by atoms with E-state index in [1.54, 1.807) is 0 Å². The van der Waals surface area contributed by atoms with Crippen molar-refractivity contribution in [1.29, 1.82) is 0 Å². The van der Waals surface area contributed by atoms with Crippen LogP contribution in [-0.4, -0.2) is 31.3 Å². The summed E-state index contributed by atoms with van der Waals surface area (Å²) in [6.45, 7) is 13.2. The number of hydrogen-bond donors (Lipinski definition) is 1. The lowest BCUT2D eigenvalue weighted by atomic mass is 9.89. The molecule has 3 aromatic carbocycles. The number of benzene rings is 3. The Labute approximate surface area is 224 Å². The highest BCUT2D eigenvalue weighted by molar-refractivity contribution is 9.10. The molecule has 0 bridgehead atoms. The molecule has 0 spiro atoms. The third-order valence-corrected chi connectivity index (χ3v) is 6.57. The number of fused-ring (bicyclic) bond motifs is 1. The SMILES string of the molecule is CC(C)(C)OC=O.CC(C)Cc1cccc2cc(COC3CCCNC3)cc(-c3ccc(Br)cc3)c12. The van der Waals surface area contributed by atoms with Crippen molar-refractivity contribution in [2.45, 2.75) is 72.2 Å². The number of rotatable bonds is 7. The average molecular weight is 555 g/mol. The molecule has 0 saturated carbocycles. The summed E-state index contributed by atoms with van der Waals surface area (Å²) in [5.74, 6) is 0.625. The standard InChI is InChI=1S/C26H30BrNO.C5H10O2/c1-18(2)13-21-5-3-6-22-14-19(17-29-24-7-4-12-28-16-24)15-25(26(21)22)20-8-10-23(27)11-9-20;1-5(2,3)7-4-6/h3,5-6,8-11,14-15,18,24,28H,4,7,12-13,16-17H2,1-2H3;4H,1-3H3. The van der Waals surface area contributed by atoms with Crippen LogP contribution in [0.3, 0.4) is 0 Å². The molecule has 0 aromatic heterocycles. The van der Waals surface area contributed by atoms with E-state index in [0.717, 1.165) is 30.4 Å². The Balaban J connectivity index is 0.000000454. The normalized spacial score (nSPS) is 15.9. The van der Waals surface area contributed by atoms with Crippen LogP contribution in [0, 0.1) is 5.92 Å². The molecule has 194 valence electrons. The van der Waals surface area contributed by atoms with Crippen molar-refractivity contribution in [2.24, 2.45) is 5.92 Å². The summed E-state index contributed by atoms with van der Waals surface area (Å²) in [5, 5.41) is 6.13. The summed E-state index contributed by atoms with van der Waals surface area (Å²) in [5.41, 5.74) is 4.94. The number of carbonyl (C=O) groups is 1. The second kappa shape index (κ2) is 13.4. The van der Waals surface area contributed by atoms with Gasteiger partial charge in [-0.25, -0.2) is 0 Å². The lowest BCUT2D eigenvalue weighted by Gasteiger charge is -2.23. The van der Waals surface area contributed by atoms with Gasteiger partial charge in [0.15, 0.2) is 0 Å². The zero-order chi connectivity index (χ0) is 26.1. The zero-order valence-corrected chi connectivity index (χ0v) is 23.9. The van der Waals surface area contributed by atoms with Gasteiger partial charge in [0.05, 0.1) is 12.7 Å². The Kier molecular flexibility index (Phi) is 10.5. The average Bonchev–Trinajstić information content (AvgIpc) is 2.83. The number of piperidine rings is 1. The van der Waals surface area contributed by atoms with Crippen molar-refractivity contribution in [3.8, 4) is 11.1 Å². The van der Waals surface area contributed by atoms with Gasteiger partial charge in [0.2, 0.25) is 0 Å². The fourth-order valence-corrected chi connectivity index (χ4v) is 4.70. The second-order valence-electron chi connectivity index (χ2n) is 10.9. The summed E-state index contributed by atoms with van der Waals surface area (Å²) in [4.78, 5) is 9.60. The van der Waals surface area contributed by atoms with Gasteiger partial charge in [-0.05, 0) is 110 Å². The van der Waals surface area contributed by atoms with Crippen molar-refractivity contribution in [2.75, 3.05) is 13.1 Å². The zero-order valence-electron chi connectivity index (χ0n) is 22.3. The minimum Gasteiger partial charge on any atom is -0.462 e. The molecule has 1 atom stereocenters. The number of carbonyl (C=O) groups excluding carboxylic acids is 1. The molecule has 1 unspecified atom stereocenters. The maximum atomic E-state index is 9.60. The predicted molar refractivity (Wildman–Crippen MR) is 153 cm³/mol. The van der Waals surface area contributed by atoms with Gasteiger partial charge < -0.3 is 14.8 Å². The minimum absolute atomic E-state index is 0.318. The Morgan fingerprint density at radius 1 is 1.11 bits per heavy atom. The first-order chi connectivity index (χ1) is 17.2. The van der Waals surface area contributed by atoms with Gasteiger partial charge in [-0.1, -0.05) is 60.1 Å². The van der Waals surface area contributed by atoms with Crippen LogP contribution in [0.5, 0.6) is 0 Å². The van der Waals surface area contributed by atoms with Crippen LogP contribution < -0.4 is 5.32 Å². The maximum absolute atomic E-state index is 9.60. The molecule has 1 aliphatic rings. The molecule has 5 heteroatoms. The summed E-state index contributed by atoms with van der Waals surface area (Å²) in [7, 11) is 0. The summed E-state index contributed by atoms with van der Waals surface area (Å²) in [6.07, 6.45) is 3.76. The predicted octanol–water partition coefficient (Wildman–Crippen LogP) is 7.69. The Bertz CT molecular complexity index is 1110. The van der Waals surface area contributed by atoms with Gasteiger partial charge >= 0.3 is 0 Å². The lowest BCUT2D eigenvalue weighted by Crippen LogP contribution is -2.35. The van der Waals surface area contributed by atoms with Crippen LogP contribution in [-0.2, 0) is 27.3 Å². The molecule has 1 fully saturated rings. The Hall–Kier alpha value is -2.21. The van der Waals surface area contributed by atoms with Crippen LogP contribution >= 0.6 is 15.9 Å². The molecule has 1 aliphatic heterocycles. The first-order valence-corrected chi connectivity index (χ1v) is 13.7. The van der Waals surface area contributed by atoms with Gasteiger partial charge in [-0.3, -0.25) is 4.79 Å². The molecular weight excluding hydrogens is 514 g/mol. The highest BCUT2D eigenvalue weighted by Crippen LogP contribution is 2.35. The van der Waals surface area contributed by atoms with Crippen LogP contribution in [0.15, 0.2) is 59.1 Å². The van der Waals surface area contributed by atoms with E-state index >= 15 is 0 Å². The fraction of sp³-hybridized carbons (Fsp3) is 0.452. The van der Waals surface area contributed by atoms with Crippen LogP contribution in [0.1, 0.15) is 58.6 Å². The Morgan fingerprint density at radius 3 is 2.44 bits per heavy atom. The molecule has 4 nitrogen and oxygen atoms in total. The van der Waals surface area contributed by atoms with Crippen LogP contribution in [0.25, 0.3) is 21.9 Å². The summed E-state index contributed by atoms with van der Waals surface area (Å²) >= 11 is 3.57.